The maximum Gasteiger partial charge on any atom is 0.164 e. The zero-order valence-corrected chi connectivity index (χ0v) is 24.6. The van der Waals surface area contributed by atoms with Crippen LogP contribution in [0.2, 0.25) is 0 Å². The Labute approximate surface area is 251 Å². The molecule has 0 saturated carbocycles. The summed E-state index contributed by atoms with van der Waals surface area (Å²) < 4.78 is 12.3. The summed E-state index contributed by atoms with van der Waals surface area (Å²) in [5, 5.41) is 3.19. The zero-order valence-electron chi connectivity index (χ0n) is 23.6. The molecule has 5 heteroatoms. The molecule has 1 aromatic heterocycles. The molecule has 1 unspecified atom stereocenters. The lowest BCUT2D eigenvalue weighted by molar-refractivity contribution is 0.596. The highest BCUT2D eigenvalue weighted by Gasteiger charge is 2.15. The Kier molecular flexibility index (Phi) is 7.20. The predicted molar refractivity (Wildman–Crippen MR) is 179 cm³/mol. The van der Waals surface area contributed by atoms with Crippen LogP contribution >= 0.6 is 7.80 Å². The molecule has 0 aliphatic heterocycles. The van der Waals surface area contributed by atoms with Crippen LogP contribution in [0.25, 0.3) is 67.2 Å². The van der Waals surface area contributed by atoms with Gasteiger partial charge in [-0.2, -0.15) is 0 Å². The zero-order chi connectivity index (χ0) is 29.2. The smallest absolute Gasteiger partial charge is 0.164 e. The highest BCUT2D eigenvalue weighted by atomic mass is 31.1. The van der Waals surface area contributed by atoms with Crippen LogP contribution in [0, 0.1) is 0 Å². The van der Waals surface area contributed by atoms with E-state index in [2.05, 4.69) is 72.8 Å². The number of fused-ring (bicyclic) bond motifs is 1. The second-order valence-corrected chi connectivity index (χ2v) is 12.2. The number of hydrogen-bond donors (Lipinski definition) is 0. The van der Waals surface area contributed by atoms with Gasteiger partial charge in [0.05, 0.1) is 0 Å². The summed E-state index contributed by atoms with van der Waals surface area (Å²) >= 11 is 0. The van der Waals surface area contributed by atoms with Gasteiger partial charge in [-0.05, 0) is 51.8 Å². The van der Waals surface area contributed by atoms with Crippen LogP contribution in [0.3, 0.4) is 0 Å². The van der Waals surface area contributed by atoms with Gasteiger partial charge in [-0.1, -0.05) is 133 Å². The molecule has 0 saturated heterocycles. The number of rotatable bonds is 6. The summed E-state index contributed by atoms with van der Waals surface area (Å²) in [6.07, 6.45) is 0. The van der Waals surface area contributed by atoms with Gasteiger partial charge in [-0.25, -0.2) is 15.0 Å². The maximum atomic E-state index is 12.3. The molecule has 0 spiro atoms. The van der Waals surface area contributed by atoms with E-state index < -0.39 is 7.80 Å². The summed E-state index contributed by atoms with van der Waals surface area (Å²) in [5.74, 6) is 1.91. The van der Waals surface area contributed by atoms with Gasteiger partial charge in [0, 0.05) is 22.0 Å². The average Bonchev–Trinajstić information content (AvgIpc) is 3.08. The van der Waals surface area contributed by atoms with Crippen molar-refractivity contribution in [1.29, 1.82) is 0 Å². The first kappa shape index (κ1) is 26.7. The summed E-state index contributed by atoms with van der Waals surface area (Å²) in [5.41, 5.74) is 7.21. The minimum absolute atomic E-state index is 0.627. The molecule has 0 N–H and O–H groups in total. The maximum absolute atomic E-state index is 12.3. The molecule has 7 aromatic rings. The third-order valence-electron chi connectivity index (χ3n) is 7.64. The molecule has 0 fully saturated rings. The van der Waals surface area contributed by atoms with Gasteiger partial charge in [0.1, 0.15) is 7.80 Å². The van der Waals surface area contributed by atoms with Crippen LogP contribution in [-0.4, -0.2) is 21.6 Å². The number of hydrogen-bond acceptors (Lipinski definition) is 4. The van der Waals surface area contributed by atoms with E-state index in [1.54, 1.807) is 6.66 Å². The van der Waals surface area contributed by atoms with Gasteiger partial charge < -0.3 is 4.57 Å². The van der Waals surface area contributed by atoms with E-state index in [1.165, 1.54) is 0 Å². The Hall–Kier alpha value is -5.18. The fourth-order valence-corrected chi connectivity index (χ4v) is 6.16. The Balaban J connectivity index is 1.36. The number of aromatic nitrogens is 3. The highest BCUT2D eigenvalue weighted by Crippen LogP contribution is 2.37. The summed E-state index contributed by atoms with van der Waals surface area (Å²) in [4.78, 5) is 14.7. The minimum Gasteiger partial charge on any atom is -0.322 e. The van der Waals surface area contributed by atoms with Crippen molar-refractivity contribution in [3.63, 3.8) is 0 Å². The van der Waals surface area contributed by atoms with Crippen molar-refractivity contribution in [2.45, 2.75) is 0 Å². The standard InChI is InChI=1S/C38H28N3OP/c1-43(42)31-19-11-17-29(25-31)33-23-22-32(34-20-8-9-21-35(33)34)28-16-10-18-30(24-28)38-40-36(26-12-4-2-5-13-26)39-37(41-38)27-14-6-3-7-15-27/h2-25,43H,1H3. The Morgan fingerprint density at radius 2 is 0.837 bits per heavy atom. The molecule has 4 nitrogen and oxygen atoms in total. The fraction of sp³-hybridized carbons (Fsp3) is 0.0263. The Morgan fingerprint density at radius 3 is 1.37 bits per heavy atom. The van der Waals surface area contributed by atoms with Crippen LogP contribution in [0.4, 0.5) is 0 Å². The minimum atomic E-state index is -1.78. The molecule has 0 radical (unpaired) electrons. The SMILES string of the molecule is C[PH](=O)c1cccc(-c2ccc(-c3cccc(-c4nc(-c5ccccc5)nc(-c5ccccc5)n4)c3)c3ccccc23)c1. The summed E-state index contributed by atoms with van der Waals surface area (Å²) in [6.45, 7) is 1.79. The molecule has 0 aliphatic carbocycles. The number of benzene rings is 6. The van der Waals surface area contributed by atoms with E-state index in [-0.39, 0.29) is 0 Å². The fourth-order valence-electron chi connectivity index (χ4n) is 5.47. The van der Waals surface area contributed by atoms with E-state index in [0.29, 0.717) is 17.5 Å². The van der Waals surface area contributed by atoms with Crippen molar-refractivity contribution in [1.82, 2.24) is 15.0 Å². The molecule has 1 heterocycles. The molecule has 7 rings (SSSR count). The average molecular weight is 574 g/mol. The molecular formula is C38H28N3OP. The van der Waals surface area contributed by atoms with Crippen molar-refractivity contribution in [3.05, 3.63) is 146 Å². The normalized spacial score (nSPS) is 11.8. The van der Waals surface area contributed by atoms with Gasteiger partial charge in [0.15, 0.2) is 17.5 Å². The van der Waals surface area contributed by atoms with Gasteiger partial charge in [-0.15, -0.1) is 0 Å². The molecule has 43 heavy (non-hydrogen) atoms. The lowest BCUT2D eigenvalue weighted by Gasteiger charge is -2.14. The third-order valence-corrected chi connectivity index (χ3v) is 8.76. The van der Waals surface area contributed by atoms with Crippen molar-refractivity contribution in [2.75, 3.05) is 6.66 Å². The molecule has 206 valence electrons. The van der Waals surface area contributed by atoms with Crippen LogP contribution in [-0.2, 0) is 4.57 Å². The monoisotopic (exact) mass is 573 g/mol. The largest absolute Gasteiger partial charge is 0.322 e. The van der Waals surface area contributed by atoms with E-state index in [0.717, 1.165) is 55.0 Å². The van der Waals surface area contributed by atoms with Crippen LogP contribution in [0.1, 0.15) is 0 Å². The molecule has 0 amide bonds. The molecule has 6 aromatic carbocycles. The van der Waals surface area contributed by atoms with Crippen LogP contribution in [0.5, 0.6) is 0 Å². The van der Waals surface area contributed by atoms with Crippen molar-refractivity contribution < 1.29 is 4.57 Å². The van der Waals surface area contributed by atoms with Crippen molar-refractivity contribution >= 4 is 23.9 Å². The van der Waals surface area contributed by atoms with Gasteiger partial charge in [-0.3, -0.25) is 0 Å². The van der Waals surface area contributed by atoms with Gasteiger partial charge in [0.2, 0.25) is 0 Å². The first-order valence-electron chi connectivity index (χ1n) is 14.2. The van der Waals surface area contributed by atoms with E-state index >= 15 is 0 Å². The lowest BCUT2D eigenvalue weighted by atomic mass is 9.91. The first-order chi connectivity index (χ1) is 21.1. The Bertz CT molecular complexity index is 2050. The molecular weight excluding hydrogens is 545 g/mol. The predicted octanol–water partition coefficient (Wildman–Crippen LogP) is 9.17. The molecule has 0 aliphatic rings. The van der Waals surface area contributed by atoms with Crippen LogP contribution in [0.15, 0.2) is 146 Å². The van der Waals surface area contributed by atoms with Gasteiger partial charge in [0.25, 0.3) is 0 Å². The second-order valence-electron chi connectivity index (χ2n) is 10.5. The summed E-state index contributed by atoms with van der Waals surface area (Å²) in [6, 6.07) is 49.3. The molecule has 1 atom stereocenters. The quantitative estimate of drug-likeness (QED) is 0.186. The van der Waals surface area contributed by atoms with E-state index in [9.17, 15) is 4.57 Å². The van der Waals surface area contributed by atoms with Crippen molar-refractivity contribution in [2.24, 2.45) is 0 Å². The topological polar surface area (TPSA) is 55.7 Å². The van der Waals surface area contributed by atoms with E-state index in [1.807, 2.05) is 72.8 Å². The lowest BCUT2D eigenvalue weighted by Crippen LogP contribution is -2.00. The Morgan fingerprint density at radius 1 is 0.419 bits per heavy atom. The summed E-state index contributed by atoms with van der Waals surface area (Å²) in [7, 11) is -1.78. The van der Waals surface area contributed by atoms with Crippen LogP contribution < -0.4 is 5.30 Å². The first-order valence-corrected chi connectivity index (χ1v) is 16.2. The van der Waals surface area contributed by atoms with Crippen molar-refractivity contribution in [3.8, 4) is 56.4 Å². The van der Waals surface area contributed by atoms with E-state index in [4.69, 9.17) is 15.0 Å². The highest BCUT2D eigenvalue weighted by molar-refractivity contribution is 7.52. The third kappa shape index (κ3) is 5.41. The number of nitrogens with zero attached hydrogens (tertiary/aromatic N) is 3. The molecule has 0 bridgehead atoms. The van der Waals surface area contributed by atoms with Gasteiger partial charge >= 0.3 is 0 Å². The second kappa shape index (κ2) is 11.6.